The van der Waals surface area contributed by atoms with E-state index in [1.165, 1.54) is 19.9 Å². The molecule has 1 aliphatic rings. The molecule has 0 aliphatic carbocycles. The lowest BCUT2D eigenvalue weighted by Gasteiger charge is -2.34. The van der Waals surface area contributed by atoms with Crippen LogP contribution in [0, 0.1) is 25.2 Å². The van der Waals surface area contributed by atoms with E-state index in [9.17, 15) is 24.6 Å². The summed E-state index contributed by atoms with van der Waals surface area (Å²) >= 11 is 0. The number of aliphatic hydroxyl groups excluding tert-OH is 1. The minimum absolute atomic E-state index is 0.00817. The van der Waals surface area contributed by atoms with Gasteiger partial charge in [0.15, 0.2) is 6.10 Å². The van der Waals surface area contributed by atoms with Crippen LogP contribution in [0.2, 0.25) is 0 Å². The maximum absolute atomic E-state index is 15.2. The van der Waals surface area contributed by atoms with E-state index in [-0.39, 0.29) is 30.2 Å². The fraction of sp³-hybridized carbons (Fsp3) is 0.500. The summed E-state index contributed by atoms with van der Waals surface area (Å²) in [7, 11) is 0. The van der Waals surface area contributed by atoms with Gasteiger partial charge in [-0.25, -0.2) is 8.78 Å². The highest BCUT2D eigenvalue weighted by Crippen LogP contribution is 2.48. The van der Waals surface area contributed by atoms with E-state index in [4.69, 9.17) is 0 Å². The zero-order valence-electron chi connectivity index (χ0n) is 23.8. The zero-order chi connectivity index (χ0) is 30.0. The zero-order valence-corrected chi connectivity index (χ0v) is 23.8. The highest BCUT2D eigenvalue weighted by molar-refractivity contribution is 5.98. The Balaban J connectivity index is 1.96. The van der Waals surface area contributed by atoms with Crippen LogP contribution in [0.5, 0.6) is 5.75 Å². The molecule has 0 unspecified atom stereocenters. The third kappa shape index (κ3) is 6.27. The van der Waals surface area contributed by atoms with Crippen LogP contribution in [-0.2, 0) is 16.0 Å². The number of nitrogens with one attached hydrogen (secondary N) is 2. The normalized spacial score (nSPS) is 19.2. The molecule has 3 atom stereocenters. The average Bonchev–Trinajstić information content (AvgIpc) is 3.08. The van der Waals surface area contributed by atoms with Gasteiger partial charge in [0, 0.05) is 17.7 Å². The quantitative estimate of drug-likeness (QED) is 0.376. The van der Waals surface area contributed by atoms with Gasteiger partial charge in [-0.05, 0) is 43.4 Å². The molecule has 0 bridgehead atoms. The van der Waals surface area contributed by atoms with Crippen molar-refractivity contribution in [1.82, 2.24) is 15.5 Å². The van der Waals surface area contributed by atoms with Gasteiger partial charge in [0.25, 0.3) is 17.7 Å². The molecule has 2 aromatic rings. The van der Waals surface area contributed by atoms with Crippen LogP contribution >= 0.6 is 0 Å². The second-order valence-corrected chi connectivity index (χ2v) is 11.5. The molecule has 0 saturated carbocycles. The Hall–Kier alpha value is -3.53. The van der Waals surface area contributed by atoms with Crippen LogP contribution in [0.3, 0.4) is 0 Å². The number of benzene rings is 2. The highest BCUT2D eigenvalue weighted by Gasteiger charge is 2.64. The van der Waals surface area contributed by atoms with E-state index in [2.05, 4.69) is 10.6 Å². The van der Waals surface area contributed by atoms with Crippen molar-refractivity contribution in [2.75, 3.05) is 13.1 Å². The molecule has 2 aromatic carbocycles. The van der Waals surface area contributed by atoms with E-state index < -0.39 is 53.8 Å². The summed E-state index contributed by atoms with van der Waals surface area (Å²) in [5.74, 6) is -5.90. The van der Waals surface area contributed by atoms with E-state index >= 15 is 8.78 Å². The topological polar surface area (TPSA) is 119 Å². The van der Waals surface area contributed by atoms with Gasteiger partial charge in [-0.3, -0.25) is 14.4 Å². The number of carbonyl (C=O) groups excluding carboxylic acids is 3. The van der Waals surface area contributed by atoms with Crippen molar-refractivity contribution in [3.63, 3.8) is 0 Å². The first-order valence-electron chi connectivity index (χ1n) is 13.4. The Labute approximate surface area is 233 Å². The third-order valence-electron chi connectivity index (χ3n) is 7.64. The van der Waals surface area contributed by atoms with Crippen molar-refractivity contribution < 1.29 is 33.4 Å². The number of amides is 3. The summed E-state index contributed by atoms with van der Waals surface area (Å²) in [5, 5.41) is 26.8. The predicted octanol–water partition coefficient (Wildman–Crippen LogP) is 3.36. The number of hydrogen-bond donors (Lipinski definition) is 4. The van der Waals surface area contributed by atoms with Crippen LogP contribution in [0.25, 0.3) is 0 Å². The van der Waals surface area contributed by atoms with Crippen molar-refractivity contribution in [3.05, 3.63) is 64.7 Å². The summed E-state index contributed by atoms with van der Waals surface area (Å²) in [5.41, 5.74) is -0.161. The SMILES string of the molecule is Cc1ccc(O)c(C)c1C(=O)N[C@@H](Cc1ccccc1)[C@H](O)C(=O)N1CC(F)(F)C(C)(C)[C@H]1C(=O)NCC(C)C. The molecule has 1 aliphatic heterocycles. The average molecular weight is 560 g/mol. The molecular formula is C30H39F2N3O5. The molecule has 1 fully saturated rings. The fourth-order valence-electron chi connectivity index (χ4n) is 5.05. The molecule has 4 N–H and O–H groups in total. The summed E-state index contributed by atoms with van der Waals surface area (Å²) < 4.78 is 30.3. The maximum atomic E-state index is 15.2. The fourth-order valence-corrected chi connectivity index (χ4v) is 5.05. The number of hydrogen-bond acceptors (Lipinski definition) is 5. The summed E-state index contributed by atoms with van der Waals surface area (Å²) in [4.78, 5) is 40.9. The van der Waals surface area contributed by atoms with Gasteiger partial charge in [-0.2, -0.15) is 0 Å². The van der Waals surface area contributed by atoms with E-state index in [0.717, 1.165) is 4.90 Å². The Bertz CT molecular complexity index is 1250. The molecule has 0 aromatic heterocycles. The molecule has 8 nitrogen and oxygen atoms in total. The molecule has 3 amide bonds. The standard InChI is InChI=1S/C30H39F2N3O5/c1-17(2)15-33-27(39)25-29(5,6)30(31,32)16-35(25)28(40)24(37)21(14-20-10-8-7-9-11-20)34-26(38)23-18(3)12-13-22(36)19(23)4/h7-13,17,21,24-25,36-37H,14-16H2,1-6H3,(H,33,39)(H,34,38)/t21-,24-,25+/m0/s1. The second kappa shape index (κ2) is 11.9. The molecule has 3 rings (SSSR count). The van der Waals surface area contributed by atoms with E-state index in [1.54, 1.807) is 50.2 Å². The first-order valence-corrected chi connectivity index (χ1v) is 13.4. The van der Waals surface area contributed by atoms with Crippen LogP contribution in [0.4, 0.5) is 8.78 Å². The minimum Gasteiger partial charge on any atom is -0.508 e. The number of aromatic hydroxyl groups is 1. The van der Waals surface area contributed by atoms with Gasteiger partial charge in [0.1, 0.15) is 11.8 Å². The first kappa shape index (κ1) is 31.0. The van der Waals surface area contributed by atoms with Crippen molar-refractivity contribution in [3.8, 4) is 5.75 Å². The lowest BCUT2D eigenvalue weighted by molar-refractivity contribution is -0.148. The van der Waals surface area contributed by atoms with Gasteiger partial charge < -0.3 is 25.7 Å². The van der Waals surface area contributed by atoms with Crippen LogP contribution in [0.1, 0.15) is 54.7 Å². The Morgan fingerprint density at radius 2 is 1.70 bits per heavy atom. The number of phenolic OH excluding ortho intramolecular Hbond substituents is 1. The molecule has 10 heteroatoms. The number of alkyl halides is 2. The van der Waals surface area contributed by atoms with Crippen LogP contribution in [0.15, 0.2) is 42.5 Å². The van der Waals surface area contributed by atoms with E-state index in [0.29, 0.717) is 16.7 Å². The summed E-state index contributed by atoms with van der Waals surface area (Å²) in [6.45, 7) is 8.60. The molecule has 1 heterocycles. The first-order chi connectivity index (χ1) is 18.6. The summed E-state index contributed by atoms with van der Waals surface area (Å²) in [6, 6.07) is 9.06. The number of aryl methyl sites for hydroxylation is 1. The Kier molecular flexibility index (Phi) is 9.24. The second-order valence-electron chi connectivity index (χ2n) is 11.5. The number of halogens is 2. The molecule has 0 spiro atoms. The Morgan fingerprint density at radius 1 is 1.07 bits per heavy atom. The lowest BCUT2D eigenvalue weighted by Crippen LogP contribution is -2.58. The molecule has 40 heavy (non-hydrogen) atoms. The number of phenols is 1. The van der Waals surface area contributed by atoms with Gasteiger partial charge in [0.05, 0.1) is 18.0 Å². The Morgan fingerprint density at radius 3 is 2.30 bits per heavy atom. The monoisotopic (exact) mass is 559 g/mol. The number of rotatable bonds is 9. The van der Waals surface area contributed by atoms with Crippen LogP contribution < -0.4 is 10.6 Å². The molecule has 1 saturated heterocycles. The van der Waals surface area contributed by atoms with Gasteiger partial charge in [-0.15, -0.1) is 0 Å². The van der Waals surface area contributed by atoms with Crippen molar-refractivity contribution in [2.45, 2.75) is 72.1 Å². The number of nitrogens with zero attached hydrogens (tertiary/aromatic N) is 1. The largest absolute Gasteiger partial charge is 0.508 e. The van der Waals surface area contributed by atoms with Gasteiger partial charge >= 0.3 is 0 Å². The molecule has 0 radical (unpaired) electrons. The maximum Gasteiger partial charge on any atom is 0.272 e. The van der Waals surface area contributed by atoms with E-state index in [1.807, 2.05) is 13.8 Å². The van der Waals surface area contributed by atoms with Gasteiger partial charge in [-0.1, -0.05) is 64.1 Å². The number of carbonyl (C=O) groups is 3. The number of likely N-dealkylation sites (tertiary alicyclic amines) is 1. The smallest absolute Gasteiger partial charge is 0.272 e. The van der Waals surface area contributed by atoms with Gasteiger partial charge in [0.2, 0.25) is 5.91 Å². The predicted molar refractivity (Wildman–Crippen MR) is 147 cm³/mol. The lowest BCUT2D eigenvalue weighted by atomic mass is 9.81. The molecule has 218 valence electrons. The highest BCUT2D eigenvalue weighted by atomic mass is 19.3. The minimum atomic E-state index is -3.41. The van der Waals surface area contributed by atoms with Crippen molar-refractivity contribution in [1.29, 1.82) is 0 Å². The van der Waals surface area contributed by atoms with Crippen LogP contribution in [-0.4, -0.2) is 70.0 Å². The number of aliphatic hydroxyl groups is 1. The molecular weight excluding hydrogens is 520 g/mol. The van der Waals surface area contributed by atoms with Crippen molar-refractivity contribution >= 4 is 17.7 Å². The third-order valence-corrected chi connectivity index (χ3v) is 7.64. The summed E-state index contributed by atoms with van der Waals surface area (Å²) in [6.07, 6.45) is -1.93. The van der Waals surface area contributed by atoms with Crippen molar-refractivity contribution in [2.24, 2.45) is 11.3 Å².